The molecule has 1 aromatic carbocycles. The van der Waals surface area contributed by atoms with Gasteiger partial charge < -0.3 is 10.2 Å². The molecule has 6 nitrogen and oxygen atoms in total. The molecule has 9 heteroatoms. The van der Waals surface area contributed by atoms with Crippen molar-refractivity contribution < 1.29 is 18.0 Å². The van der Waals surface area contributed by atoms with Gasteiger partial charge in [-0.3, -0.25) is 4.79 Å². The number of allylic oxidation sites excluding steroid dienone is 2. The number of carbonyl (C=O) groups excluding carboxylic acids is 1. The standard InChI is InChI=1S/C19H20F3N5O/c1-10-8-13-15(14(28)9-10)16(11-4-6-12(7-5-11)26(2)3)27-18(23-13)24-17(25-27)19(20,21)22/h4-7,10,16H,8-9H2,1-3H3,(H,23,24,25)/t10-,16+/m0/s1. The van der Waals surface area contributed by atoms with E-state index in [0.29, 0.717) is 29.7 Å². The number of hydrogen-bond acceptors (Lipinski definition) is 5. The molecule has 2 heterocycles. The summed E-state index contributed by atoms with van der Waals surface area (Å²) in [6, 6.07) is 6.65. The maximum atomic E-state index is 13.2. The van der Waals surface area contributed by atoms with Crippen LogP contribution in [0, 0.1) is 5.92 Å². The molecule has 0 spiro atoms. The van der Waals surface area contributed by atoms with Crippen molar-refractivity contribution in [1.82, 2.24) is 14.8 Å². The lowest BCUT2D eigenvalue weighted by Crippen LogP contribution is -2.33. The smallest absolute Gasteiger partial charge is 0.378 e. The van der Waals surface area contributed by atoms with Crippen LogP contribution in [0.15, 0.2) is 35.5 Å². The second-order valence-electron chi connectivity index (χ2n) is 7.54. The minimum atomic E-state index is -4.66. The SMILES string of the molecule is C[C@@H]1CC(=O)C2=C(C1)Nc1nc(C(F)(F)F)nn1[C@@H]2c1ccc(N(C)C)cc1. The molecule has 0 bridgehead atoms. The predicted molar refractivity (Wildman–Crippen MR) is 98.0 cm³/mol. The molecule has 2 aliphatic rings. The van der Waals surface area contributed by atoms with Crippen LogP contribution in [0.25, 0.3) is 0 Å². The van der Waals surface area contributed by atoms with Crippen molar-refractivity contribution in [1.29, 1.82) is 0 Å². The lowest BCUT2D eigenvalue weighted by molar-refractivity contribution is -0.145. The number of fused-ring (bicyclic) bond motifs is 1. The van der Waals surface area contributed by atoms with Gasteiger partial charge in [0.15, 0.2) is 5.78 Å². The molecule has 0 amide bonds. The third-order valence-corrected chi connectivity index (χ3v) is 5.10. The zero-order valence-electron chi connectivity index (χ0n) is 15.7. The number of hydrogen-bond donors (Lipinski definition) is 1. The van der Waals surface area contributed by atoms with Gasteiger partial charge in [-0.2, -0.15) is 18.2 Å². The van der Waals surface area contributed by atoms with E-state index in [1.54, 1.807) is 0 Å². The number of carbonyl (C=O) groups is 1. The Bertz CT molecular complexity index is 959. The van der Waals surface area contributed by atoms with E-state index in [1.807, 2.05) is 50.2 Å². The second-order valence-corrected chi connectivity index (χ2v) is 7.54. The molecule has 1 N–H and O–H groups in total. The molecular formula is C19H20F3N5O. The van der Waals surface area contributed by atoms with Crippen molar-refractivity contribution in [2.24, 2.45) is 5.92 Å². The zero-order chi connectivity index (χ0) is 20.2. The Hall–Kier alpha value is -2.84. The second kappa shape index (κ2) is 6.35. The number of alkyl halides is 3. The summed E-state index contributed by atoms with van der Waals surface area (Å²) in [7, 11) is 3.80. The van der Waals surface area contributed by atoms with E-state index in [-0.39, 0.29) is 17.6 Å². The van der Waals surface area contributed by atoms with Crippen molar-refractivity contribution in [3.8, 4) is 0 Å². The number of nitrogens with one attached hydrogen (secondary N) is 1. The fraction of sp³-hybridized carbons (Fsp3) is 0.421. The van der Waals surface area contributed by atoms with E-state index in [4.69, 9.17) is 0 Å². The van der Waals surface area contributed by atoms with Crippen LogP contribution in [0.2, 0.25) is 0 Å². The van der Waals surface area contributed by atoms with Crippen molar-refractivity contribution >= 4 is 17.4 Å². The van der Waals surface area contributed by atoms with Gasteiger partial charge in [0.05, 0.1) is 0 Å². The van der Waals surface area contributed by atoms with Crippen molar-refractivity contribution in [2.45, 2.75) is 32.0 Å². The summed E-state index contributed by atoms with van der Waals surface area (Å²) in [5, 5.41) is 6.62. The molecule has 0 saturated carbocycles. The quantitative estimate of drug-likeness (QED) is 0.847. The number of anilines is 2. The summed E-state index contributed by atoms with van der Waals surface area (Å²) in [6.07, 6.45) is -3.71. The molecular weight excluding hydrogens is 371 g/mol. The van der Waals surface area contributed by atoms with E-state index >= 15 is 0 Å². The topological polar surface area (TPSA) is 63.1 Å². The lowest BCUT2D eigenvalue weighted by Gasteiger charge is -2.34. The van der Waals surface area contributed by atoms with Crippen LogP contribution in [0.4, 0.5) is 24.8 Å². The third-order valence-electron chi connectivity index (χ3n) is 5.10. The highest BCUT2D eigenvalue weighted by Gasteiger charge is 2.42. The Morgan fingerprint density at radius 2 is 1.86 bits per heavy atom. The number of aromatic nitrogens is 3. The molecule has 0 radical (unpaired) electrons. The van der Waals surface area contributed by atoms with Gasteiger partial charge in [0, 0.05) is 37.5 Å². The van der Waals surface area contributed by atoms with Gasteiger partial charge >= 0.3 is 6.18 Å². The molecule has 4 rings (SSSR count). The zero-order valence-corrected chi connectivity index (χ0v) is 15.7. The van der Waals surface area contributed by atoms with Crippen LogP contribution in [-0.2, 0) is 11.0 Å². The largest absolute Gasteiger partial charge is 0.453 e. The summed E-state index contributed by atoms with van der Waals surface area (Å²) in [5.41, 5.74) is 2.76. The van der Waals surface area contributed by atoms with E-state index in [9.17, 15) is 18.0 Å². The summed E-state index contributed by atoms with van der Waals surface area (Å²) in [4.78, 5) is 18.4. The summed E-state index contributed by atoms with van der Waals surface area (Å²) in [5.74, 6) is -1.16. The van der Waals surface area contributed by atoms with Gasteiger partial charge in [0.2, 0.25) is 5.95 Å². The Kier molecular flexibility index (Phi) is 4.20. The maximum absolute atomic E-state index is 13.2. The van der Waals surface area contributed by atoms with Crippen molar-refractivity contribution in [3.63, 3.8) is 0 Å². The fourth-order valence-corrected chi connectivity index (χ4v) is 3.79. The first-order chi connectivity index (χ1) is 13.1. The predicted octanol–water partition coefficient (Wildman–Crippen LogP) is 3.63. The van der Waals surface area contributed by atoms with Crippen LogP contribution < -0.4 is 10.2 Å². The average molecular weight is 391 g/mol. The van der Waals surface area contributed by atoms with Gasteiger partial charge in [-0.05, 0) is 30.0 Å². The molecule has 0 saturated heterocycles. The number of rotatable bonds is 2. The minimum Gasteiger partial charge on any atom is -0.378 e. The first kappa shape index (κ1) is 18.5. The molecule has 1 aromatic heterocycles. The molecule has 2 aromatic rings. The fourth-order valence-electron chi connectivity index (χ4n) is 3.79. The van der Waals surface area contributed by atoms with Gasteiger partial charge in [0.25, 0.3) is 5.82 Å². The van der Waals surface area contributed by atoms with E-state index in [0.717, 1.165) is 5.69 Å². The van der Waals surface area contributed by atoms with Crippen LogP contribution in [0.3, 0.4) is 0 Å². The molecule has 1 aliphatic heterocycles. The van der Waals surface area contributed by atoms with Gasteiger partial charge in [-0.25, -0.2) is 4.68 Å². The molecule has 2 atom stereocenters. The van der Waals surface area contributed by atoms with Crippen LogP contribution in [0.1, 0.15) is 37.2 Å². The summed E-state index contributed by atoms with van der Waals surface area (Å²) in [6.45, 7) is 1.95. The van der Waals surface area contributed by atoms with Crippen molar-refractivity contribution in [2.75, 3.05) is 24.3 Å². The Morgan fingerprint density at radius 1 is 1.18 bits per heavy atom. The van der Waals surface area contributed by atoms with Gasteiger partial charge in [0.1, 0.15) is 6.04 Å². The Morgan fingerprint density at radius 3 is 2.46 bits per heavy atom. The molecule has 1 aliphatic carbocycles. The number of ketones is 1. The van der Waals surface area contributed by atoms with Gasteiger partial charge in [-0.15, -0.1) is 5.10 Å². The summed E-state index contributed by atoms with van der Waals surface area (Å²) < 4.78 is 40.8. The van der Waals surface area contributed by atoms with Crippen LogP contribution >= 0.6 is 0 Å². The molecule has 148 valence electrons. The Labute approximate surface area is 160 Å². The van der Waals surface area contributed by atoms with E-state index < -0.39 is 18.0 Å². The third kappa shape index (κ3) is 3.04. The minimum absolute atomic E-state index is 0.00895. The number of nitrogens with zero attached hydrogens (tertiary/aromatic N) is 4. The molecule has 0 fully saturated rings. The van der Waals surface area contributed by atoms with E-state index in [2.05, 4.69) is 15.4 Å². The molecule has 0 unspecified atom stereocenters. The average Bonchev–Trinajstić information content (AvgIpc) is 3.03. The monoisotopic (exact) mass is 391 g/mol. The lowest BCUT2D eigenvalue weighted by atomic mass is 9.81. The highest BCUT2D eigenvalue weighted by atomic mass is 19.4. The first-order valence-electron chi connectivity index (χ1n) is 8.99. The van der Waals surface area contributed by atoms with E-state index in [1.165, 1.54) is 4.68 Å². The summed E-state index contributed by atoms with van der Waals surface area (Å²) >= 11 is 0. The highest BCUT2D eigenvalue weighted by Crippen LogP contribution is 2.42. The number of Topliss-reactive ketones (excluding diaryl/α,β-unsaturated/α-hetero) is 1. The Balaban J connectivity index is 1.87. The molecule has 28 heavy (non-hydrogen) atoms. The highest BCUT2D eigenvalue weighted by molar-refractivity contribution is 5.99. The van der Waals surface area contributed by atoms with Crippen LogP contribution in [-0.4, -0.2) is 34.6 Å². The normalized spacial score (nSPS) is 21.9. The van der Waals surface area contributed by atoms with Crippen molar-refractivity contribution in [3.05, 3.63) is 46.9 Å². The van der Waals surface area contributed by atoms with Crippen LogP contribution in [0.5, 0.6) is 0 Å². The number of benzene rings is 1. The maximum Gasteiger partial charge on any atom is 0.453 e. The van der Waals surface area contributed by atoms with Gasteiger partial charge in [-0.1, -0.05) is 19.1 Å². The number of halogens is 3. The first-order valence-corrected chi connectivity index (χ1v) is 8.99.